The summed E-state index contributed by atoms with van der Waals surface area (Å²) in [6, 6.07) is 7.88. The van der Waals surface area contributed by atoms with Crippen molar-refractivity contribution in [1.29, 1.82) is 0 Å². The second-order valence-electron chi connectivity index (χ2n) is 6.92. The van der Waals surface area contributed by atoms with Gasteiger partial charge in [-0.05, 0) is 61.6 Å². The second-order valence-corrected chi connectivity index (χ2v) is 6.92. The van der Waals surface area contributed by atoms with Gasteiger partial charge in [-0.2, -0.15) is 0 Å². The molecule has 0 aliphatic heterocycles. The van der Waals surface area contributed by atoms with Crippen molar-refractivity contribution < 1.29 is 13.2 Å². The molecule has 1 aliphatic rings. The average molecular weight is 332 g/mol. The van der Waals surface area contributed by atoms with Gasteiger partial charge in [0.05, 0.1) is 0 Å². The fourth-order valence-electron chi connectivity index (χ4n) is 3.76. The zero-order valence-electron chi connectivity index (χ0n) is 14.2. The minimum Gasteiger partial charge on any atom is -0.206 e. The second kappa shape index (κ2) is 7.00. The van der Waals surface area contributed by atoms with Crippen molar-refractivity contribution >= 4 is 0 Å². The van der Waals surface area contributed by atoms with E-state index in [0.717, 1.165) is 24.3 Å². The maximum atomic E-state index is 14.6. The first kappa shape index (κ1) is 17.1. The van der Waals surface area contributed by atoms with Gasteiger partial charge in [-0.1, -0.05) is 37.6 Å². The minimum absolute atomic E-state index is 0.0168. The number of benzene rings is 2. The fraction of sp³-hybridized carbons (Fsp3) is 0.429. The summed E-state index contributed by atoms with van der Waals surface area (Å²) in [4.78, 5) is 0. The Morgan fingerprint density at radius 3 is 2.17 bits per heavy atom. The van der Waals surface area contributed by atoms with E-state index < -0.39 is 17.5 Å². The van der Waals surface area contributed by atoms with Gasteiger partial charge in [0.2, 0.25) is 0 Å². The van der Waals surface area contributed by atoms with Gasteiger partial charge >= 0.3 is 0 Å². The van der Waals surface area contributed by atoms with Crippen LogP contribution in [0.4, 0.5) is 13.2 Å². The Hall–Kier alpha value is -1.77. The smallest absolute Gasteiger partial charge is 0.167 e. The van der Waals surface area contributed by atoms with Crippen LogP contribution in [0.5, 0.6) is 0 Å². The van der Waals surface area contributed by atoms with Gasteiger partial charge in [-0.15, -0.1) is 0 Å². The summed E-state index contributed by atoms with van der Waals surface area (Å²) in [5.41, 5.74) is 1.30. The maximum absolute atomic E-state index is 14.6. The molecule has 0 nitrogen and oxygen atoms in total. The van der Waals surface area contributed by atoms with E-state index in [1.807, 2.05) is 6.07 Å². The highest BCUT2D eigenvalue weighted by Gasteiger charge is 2.23. The molecular formula is C21H23F3. The van der Waals surface area contributed by atoms with E-state index in [0.29, 0.717) is 5.92 Å². The Morgan fingerprint density at radius 1 is 0.875 bits per heavy atom. The molecule has 128 valence electrons. The number of rotatable bonds is 3. The molecule has 2 aromatic rings. The van der Waals surface area contributed by atoms with Gasteiger partial charge in [0, 0.05) is 11.1 Å². The molecule has 3 heteroatoms. The molecule has 0 atom stereocenters. The Kier molecular flexibility index (Phi) is 4.98. The molecule has 2 aromatic carbocycles. The molecule has 0 bridgehead atoms. The summed E-state index contributed by atoms with van der Waals surface area (Å²) in [6.45, 7) is 3.71. The van der Waals surface area contributed by atoms with E-state index in [4.69, 9.17) is 0 Å². The highest BCUT2D eigenvalue weighted by molar-refractivity contribution is 5.66. The molecule has 0 N–H and O–H groups in total. The van der Waals surface area contributed by atoms with Crippen LogP contribution in [0.1, 0.15) is 56.1 Å². The van der Waals surface area contributed by atoms with Crippen molar-refractivity contribution in [2.24, 2.45) is 5.92 Å². The lowest BCUT2D eigenvalue weighted by atomic mass is 9.77. The zero-order chi connectivity index (χ0) is 17.3. The van der Waals surface area contributed by atoms with Crippen LogP contribution in [0.25, 0.3) is 11.1 Å². The summed E-state index contributed by atoms with van der Waals surface area (Å²) in [5.74, 6) is -1.21. The molecule has 0 radical (unpaired) electrons. The predicted octanol–water partition coefficient (Wildman–Crippen LogP) is 6.76. The fourth-order valence-corrected chi connectivity index (χ4v) is 3.76. The lowest BCUT2D eigenvalue weighted by molar-refractivity contribution is 0.318. The Balaban J connectivity index is 1.87. The van der Waals surface area contributed by atoms with Crippen molar-refractivity contribution in [3.05, 3.63) is 58.9 Å². The molecule has 0 heterocycles. The van der Waals surface area contributed by atoms with E-state index in [9.17, 15) is 13.2 Å². The first-order chi connectivity index (χ1) is 11.5. The summed E-state index contributed by atoms with van der Waals surface area (Å²) in [5, 5.41) is 0. The molecule has 0 amide bonds. The van der Waals surface area contributed by atoms with Crippen molar-refractivity contribution in [2.45, 2.75) is 51.9 Å². The van der Waals surface area contributed by atoms with Crippen LogP contribution in [0.3, 0.4) is 0 Å². The largest absolute Gasteiger partial charge is 0.206 e. The van der Waals surface area contributed by atoms with E-state index in [1.54, 1.807) is 6.07 Å². The zero-order valence-corrected chi connectivity index (χ0v) is 14.2. The third-order valence-corrected chi connectivity index (χ3v) is 5.45. The van der Waals surface area contributed by atoms with Crippen LogP contribution >= 0.6 is 0 Å². The summed E-state index contributed by atoms with van der Waals surface area (Å²) < 4.78 is 42.4. The molecule has 0 saturated heterocycles. The van der Waals surface area contributed by atoms with E-state index in [-0.39, 0.29) is 16.7 Å². The number of halogens is 3. The Labute approximate surface area is 141 Å². The van der Waals surface area contributed by atoms with Crippen LogP contribution in [0.2, 0.25) is 0 Å². The molecule has 3 rings (SSSR count). The Morgan fingerprint density at radius 2 is 1.54 bits per heavy atom. The van der Waals surface area contributed by atoms with Crippen molar-refractivity contribution in [3.63, 3.8) is 0 Å². The lowest BCUT2D eigenvalue weighted by Crippen LogP contribution is -2.12. The summed E-state index contributed by atoms with van der Waals surface area (Å²) in [7, 11) is 0. The molecular weight excluding hydrogens is 309 g/mol. The third-order valence-electron chi connectivity index (χ3n) is 5.45. The molecule has 0 spiro atoms. The number of hydrogen-bond acceptors (Lipinski definition) is 0. The van der Waals surface area contributed by atoms with Gasteiger partial charge in [0.15, 0.2) is 11.6 Å². The molecule has 1 fully saturated rings. The van der Waals surface area contributed by atoms with Crippen molar-refractivity contribution in [2.75, 3.05) is 0 Å². The Bertz CT molecular complexity index is 728. The van der Waals surface area contributed by atoms with Crippen molar-refractivity contribution in [1.82, 2.24) is 0 Å². The van der Waals surface area contributed by atoms with Crippen molar-refractivity contribution in [3.8, 4) is 11.1 Å². The monoisotopic (exact) mass is 332 g/mol. The van der Waals surface area contributed by atoms with Crippen LogP contribution in [-0.4, -0.2) is 0 Å². The first-order valence-corrected chi connectivity index (χ1v) is 8.75. The van der Waals surface area contributed by atoms with Gasteiger partial charge in [-0.25, -0.2) is 13.2 Å². The average Bonchev–Trinajstić information content (AvgIpc) is 2.60. The van der Waals surface area contributed by atoms with Gasteiger partial charge in [0.1, 0.15) is 5.82 Å². The first-order valence-electron chi connectivity index (χ1n) is 8.75. The molecule has 1 aliphatic carbocycles. The van der Waals surface area contributed by atoms with Crippen LogP contribution < -0.4 is 0 Å². The number of hydrogen-bond donors (Lipinski definition) is 0. The topological polar surface area (TPSA) is 0 Å². The minimum atomic E-state index is -0.981. The van der Waals surface area contributed by atoms with Crippen LogP contribution in [-0.2, 0) is 0 Å². The van der Waals surface area contributed by atoms with E-state index >= 15 is 0 Å². The summed E-state index contributed by atoms with van der Waals surface area (Å²) >= 11 is 0. The quantitative estimate of drug-likeness (QED) is 0.582. The molecule has 24 heavy (non-hydrogen) atoms. The highest BCUT2D eigenvalue weighted by atomic mass is 19.2. The SMILES string of the molecule is CCC1CCC(c2ccc(-c3ccc(C)c(F)c3F)c(F)c2)CC1. The highest BCUT2D eigenvalue weighted by Crippen LogP contribution is 2.38. The van der Waals surface area contributed by atoms with E-state index in [2.05, 4.69) is 6.92 Å². The third kappa shape index (κ3) is 3.22. The standard InChI is InChI=1S/C21H23F3/c1-3-14-5-7-15(8-6-14)16-9-11-17(19(22)12-16)18-10-4-13(2)20(23)21(18)24/h4,9-12,14-15H,3,5-8H2,1-2H3. The van der Waals surface area contributed by atoms with Gasteiger partial charge in [0.25, 0.3) is 0 Å². The summed E-state index contributed by atoms with van der Waals surface area (Å²) in [6.07, 6.45) is 5.72. The predicted molar refractivity (Wildman–Crippen MR) is 91.5 cm³/mol. The normalized spacial score (nSPS) is 21.0. The maximum Gasteiger partial charge on any atom is 0.167 e. The van der Waals surface area contributed by atoms with Crippen LogP contribution in [0, 0.1) is 30.3 Å². The van der Waals surface area contributed by atoms with Gasteiger partial charge < -0.3 is 0 Å². The molecule has 0 aromatic heterocycles. The van der Waals surface area contributed by atoms with E-state index in [1.165, 1.54) is 44.4 Å². The molecule has 1 saturated carbocycles. The van der Waals surface area contributed by atoms with Gasteiger partial charge in [-0.3, -0.25) is 0 Å². The lowest BCUT2D eigenvalue weighted by Gasteiger charge is -2.28. The van der Waals surface area contributed by atoms with Crippen LogP contribution in [0.15, 0.2) is 30.3 Å². The molecule has 0 unspecified atom stereocenters. The number of aryl methyl sites for hydroxylation is 1.